The Morgan fingerprint density at radius 1 is 0.583 bits per heavy atom. The van der Waals surface area contributed by atoms with Gasteiger partial charge in [-0.25, -0.2) is 0 Å². The standard InChI is InChI=1S/C32H42O2.C2H6/c1-19(2)23-12-11-22(6)25(17-23)31(7,8)27-15-21(5)16-28(30(27)34)32(9,10)26-18-24(20(3)4)13-14-29(26)33;1-2/h11-20,33-34H,1-10H3;1-2H3. The molecule has 0 amide bonds. The molecule has 0 atom stereocenters. The lowest BCUT2D eigenvalue weighted by molar-refractivity contribution is 0.423. The van der Waals surface area contributed by atoms with Crippen LogP contribution in [0.25, 0.3) is 0 Å². The Kier molecular flexibility index (Phi) is 9.10. The smallest absolute Gasteiger partial charge is 0.123 e. The summed E-state index contributed by atoms with van der Waals surface area (Å²) in [5.41, 5.74) is 7.64. The number of hydrogen-bond donors (Lipinski definition) is 2. The Morgan fingerprint density at radius 2 is 1.00 bits per heavy atom. The topological polar surface area (TPSA) is 40.5 Å². The minimum Gasteiger partial charge on any atom is -0.508 e. The van der Waals surface area contributed by atoms with Crippen LogP contribution in [0.15, 0.2) is 48.5 Å². The van der Waals surface area contributed by atoms with Crippen molar-refractivity contribution in [1.82, 2.24) is 0 Å². The van der Waals surface area contributed by atoms with Crippen LogP contribution in [0.5, 0.6) is 11.5 Å². The highest BCUT2D eigenvalue weighted by atomic mass is 16.3. The van der Waals surface area contributed by atoms with E-state index < -0.39 is 10.8 Å². The van der Waals surface area contributed by atoms with Gasteiger partial charge in [0.1, 0.15) is 11.5 Å². The van der Waals surface area contributed by atoms with E-state index in [0.29, 0.717) is 17.6 Å². The summed E-state index contributed by atoms with van der Waals surface area (Å²) >= 11 is 0. The summed E-state index contributed by atoms with van der Waals surface area (Å²) in [6, 6.07) is 16.7. The third-order valence-electron chi connectivity index (χ3n) is 7.56. The van der Waals surface area contributed by atoms with Gasteiger partial charge in [0, 0.05) is 27.5 Å². The average molecular weight is 489 g/mol. The summed E-state index contributed by atoms with van der Waals surface area (Å²) in [7, 11) is 0. The van der Waals surface area contributed by atoms with Crippen LogP contribution in [0.2, 0.25) is 0 Å². The van der Waals surface area contributed by atoms with Crippen molar-refractivity contribution >= 4 is 0 Å². The molecular weight excluding hydrogens is 440 g/mol. The van der Waals surface area contributed by atoms with Gasteiger partial charge < -0.3 is 10.2 Å². The van der Waals surface area contributed by atoms with E-state index in [0.717, 1.165) is 22.3 Å². The van der Waals surface area contributed by atoms with E-state index in [-0.39, 0.29) is 5.75 Å². The SMILES string of the molecule is CC.Cc1cc(C(C)(C)c2cc(C(C)C)ccc2C)c(O)c(C(C)(C)c2cc(C(C)C)ccc2O)c1. The third kappa shape index (κ3) is 5.64. The molecule has 0 spiro atoms. The lowest BCUT2D eigenvalue weighted by atomic mass is 9.70. The zero-order valence-corrected chi connectivity index (χ0v) is 24.7. The van der Waals surface area contributed by atoms with E-state index in [2.05, 4.69) is 106 Å². The van der Waals surface area contributed by atoms with Crippen molar-refractivity contribution in [1.29, 1.82) is 0 Å². The second-order valence-corrected chi connectivity index (χ2v) is 11.6. The number of hydrogen-bond acceptors (Lipinski definition) is 2. The van der Waals surface area contributed by atoms with Gasteiger partial charge in [0.2, 0.25) is 0 Å². The van der Waals surface area contributed by atoms with Gasteiger partial charge in [-0.05, 0) is 54.0 Å². The summed E-state index contributed by atoms with van der Waals surface area (Å²) in [4.78, 5) is 0. The van der Waals surface area contributed by atoms with Crippen LogP contribution in [0.3, 0.4) is 0 Å². The molecule has 3 aromatic rings. The molecule has 2 N–H and O–H groups in total. The van der Waals surface area contributed by atoms with E-state index >= 15 is 0 Å². The number of rotatable bonds is 6. The molecule has 0 aromatic heterocycles. The van der Waals surface area contributed by atoms with Gasteiger partial charge in [-0.2, -0.15) is 0 Å². The number of phenolic OH excluding ortho intramolecular Hbond substituents is 2. The molecule has 0 fully saturated rings. The molecular formula is C34H48O2. The highest BCUT2D eigenvalue weighted by Crippen LogP contribution is 2.47. The minimum atomic E-state index is -0.579. The number of aromatic hydroxyl groups is 2. The second kappa shape index (κ2) is 11.1. The number of benzene rings is 3. The van der Waals surface area contributed by atoms with Gasteiger partial charge in [0.05, 0.1) is 0 Å². The quantitative estimate of drug-likeness (QED) is 0.362. The Balaban J connectivity index is 0.00000222. The highest BCUT2D eigenvalue weighted by molar-refractivity contribution is 5.59. The summed E-state index contributed by atoms with van der Waals surface area (Å²) in [5.74, 6) is 1.36. The van der Waals surface area contributed by atoms with Crippen molar-refractivity contribution in [3.05, 3.63) is 93.0 Å². The summed E-state index contributed by atoms with van der Waals surface area (Å²) in [5, 5.41) is 22.6. The fourth-order valence-corrected chi connectivity index (χ4v) is 5.11. The normalized spacial score (nSPS) is 12.1. The van der Waals surface area contributed by atoms with Crippen molar-refractivity contribution in [2.24, 2.45) is 0 Å². The van der Waals surface area contributed by atoms with Gasteiger partial charge in [0.25, 0.3) is 0 Å². The van der Waals surface area contributed by atoms with Crippen molar-refractivity contribution in [3.8, 4) is 11.5 Å². The fourth-order valence-electron chi connectivity index (χ4n) is 5.11. The molecule has 0 aliphatic heterocycles. The van der Waals surface area contributed by atoms with Gasteiger partial charge in [0.15, 0.2) is 0 Å². The third-order valence-corrected chi connectivity index (χ3v) is 7.56. The first-order chi connectivity index (χ1) is 16.7. The highest BCUT2D eigenvalue weighted by Gasteiger charge is 2.35. The first-order valence-corrected chi connectivity index (χ1v) is 13.5. The predicted molar refractivity (Wildman–Crippen MR) is 156 cm³/mol. The lowest BCUT2D eigenvalue weighted by Crippen LogP contribution is -2.25. The second-order valence-electron chi connectivity index (χ2n) is 11.6. The maximum absolute atomic E-state index is 11.8. The van der Waals surface area contributed by atoms with E-state index in [4.69, 9.17) is 0 Å². The summed E-state index contributed by atoms with van der Waals surface area (Å²) in [6.45, 7) is 25.5. The largest absolute Gasteiger partial charge is 0.508 e. The zero-order chi connectivity index (χ0) is 27.6. The average Bonchev–Trinajstić information content (AvgIpc) is 2.81. The Hall–Kier alpha value is -2.74. The molecule has 0 bridgehead atoms. The Labute approximate surface area is 220 Å². The Bertz CT molecular complexity index is 1110. The maximum Gasteiger partial charge on any atom is 0.123 e. The van der Waals surface area contributed by atoms with Gasteiger partial charge in [-0.3, -0.25) is 0 Å². The first-order valence-electron chi connectivity index (χ1n) is 13.5. The van der Waals surface area contributed by atoms with Crippen LogP contribution >= 0.6 is 0 Å². The minimum absolute atomic E-state index is 0.261. The first kappa shape index (κ1) is 29.5. The van der Waals surface area contributed by atoms with Crippen molar-refractivity contribution in [2.45, 2.75) is 106 Å². The van der Waals surface area contributed by atoms with Gasteiger partial charge >= 0.3 is 0 Å². The molecule has 2 nitrogen and oxygen atoms in total. The van der Waals surface area contributed by atoms with Crippen LogP contribution in [-0.4, -0.2) is 10.2 Å². The molecule has 0 saturated heterocycles. The lowest BCUT2D eigenvalue weighted by Gasteiger charge is -2.34. The van der Waals surface area contributed by atoms with Crippen LogP contribution in [0, 0.1) is 13.8 Å². The summed E-state index contributed by atoms with van der Waals surface area (Å²) < 4.78 is 0. The van der Waals surface area contributed by atoms with Crippen LogP contribution in [0.4, 0.5) is 0 Å². The number of phenols is 2. The molecule has 0 saturated carbocycles. The molecule has 3 rings (SSSR count). The molecule has 0 heterocycles. The predicted octanol–water partition coefficient (Wildman–Crippen LogP) is 9.64. The molecule has 0 aliphatic rings. The van der Waals surface area contributed by atoms with E-state index in [9.17, 15) is 10.2 Å². The van der Waals surface area contributed by atoms with Gasteiger partial charge in [-0.1, -0.05) is 117 Å². The van der Waals surface area contributed by atoms with E-state index in [1.807, 2.05) is 19.9 Å². The molecule has 0 unspecified atom stereocenters. The van der Waals surface area contributed by atoms with Crippen molar-refractivity contribution in [3.63, 3.8) is 0 Å². The molecule has 0 aliphatic carbocycles. The van der Waals surface area contributed by atoms with E-state index in [1.54, 1.807) is 6.07 Å². The molecule has 36 heavy (non-hydrogen) atoms. The van der Waals surface area contributed by atoms with Crippen molar-refractivity contribution in [2.75, 3.05) is 0 Å². The van der Waals surface area contributed by atoms with Crippen LogP contribution in [0.1, 0.15) is 126 Å². The van der Waals surface area contributed by atoms with Crippen molar-refractivity contribution < 1.29 is 10.2 Å². The fraction of sp³-hybridized carbons (Fsp3) is 0.471. The van der Waals surface area contributed by atoms with Crippen LogP contribution in [-0.2, 0) is 10.8 Å². The molecule has 196 valence electrons. The molecule has 2 heteroatoms. The molecule has 3 aromatic carbocycles. The summed E-state index contributed by atoms with van der Waals surface area (Å²) in [6.07, 6.45) is 0. The maximum atomic E-state index is 11.8. The zero-order valence-electron chi connectivity index (χ0n) is 24.7. The van der Waals surface area contributed by atoms with Gasteiger partial charge in [-0.15, -0.1) is 0 Å². The monoisotopic (exact) mass is 488 g/mol. The number of aryl methyl sites for hydroxylation is 2. The van der Waals surface area contributed by atoms with E-state index in [1.165, 1.54) is 22.3 Å². The van der Waals surface area contributed by atoms with Crippen LogP contribution < -0.4 is 0 Å². The Morgan fingerprint density at radius 3 is 1.47 bits per heavy atom. The molecule has 0 radical (unpaired) electrons.